The Kier molecular flexibility index (Phi) is 21.3. The molecule has 0 saturated heterocycles. The molecule has 0 bridgehead atoms. The molecule has 1 aromatic heterocycles. The highest BCUT2D eigenvalue weighted by Crippen LogP contribution is 2.29. The molecule has 0 aliphatic rings. The molecule has 1 unspecified atom stereocenters. The van der Waals surface area contributed by atoms with Crippen LogP contribution in [0, 0.1) is 0 Å². The van der Waals surface area contributed by atoms with Crippen LogP contribution >= 0.6 is 0 Å². The van der Waals surface area contributed by atoms with Gasteiger partial charge in [-0.2, -0.15) is 0 Å². The predicted molar refractivity (Wildman–Crippen MR) is 231 cm³/mol. The van der Waals surface area contributed by atoms with Crippen molar-refractivity contribution >= 4 is 16.9 Å². The second-order valence-corrected chi connectivity index (χ2v) is 12.0. The number of nitrogens with zero attached hydrogens (tertiary/aromatic N) is 3. The van der Waals surface area contributed by atoms with Crippen LogP contribution in [0.3, 0.4) is 0 Å². The van der Waals surface area contributed by atoms with Gasteiger partial charge in [-0.3, -0.25) is 4.98 Å². The highest BCUT2D eigenvalue weighted by atomic mass is 15.1. The fourth-order valence-electron chi connectivity index (χ4n) is 5.85. The summed E-state index contributed by atoms with van der Waals surface area (Å²) in [5.74, 6) is 0. The van der Waals surface area contributed by atoms with Crippen molar-refractivity contribution in [2.75, 3.05) is 23.9 Å². The van der Waals surface area contributed by atoms with E-state index in [1.54, 1.807) is 0 Å². The van der Waals surface area contributed by atoms with E-state index < -0.39 is 0 Å². The number of hydrogen-bond acceptors (Lipinski definition) is 3. The lowest BCUT2D eigenvalue weighted by Crippen LogP contribution is -2.29. The summed E-state index contributed by atoms with van der Waals surface area (Å²) in [6.45, 7) is 27.1. The van der Waals surface area contributed by atoms with Gasteiger partial charge in [0, 0.05) is 37.2 Å². The number of allylic oxidation sites excluding steroid dienone is 11. The van der Waals surface area contributed by atoms with E-state index in [9.17, 15) is 0 Å². The van der Waals surface area contributed by atoms with Crippen molar-refractivity contribution in [1.29, 1.82) is 0 Å². The van der Waals surface area contributed by atoms with Crippen LogP contribution in [0.2, 0.25) is 0 Å². The molecule has 3 nitrogen and oxygen atoms in total. The van der Waals surface area contributed by atoms with Crippen molar-refractivity contribution in [3.8, 4) is 0 Å². The summed E-state index contributed by atoms with van der Waals surface area (Å²) in [7, 11) is 4.26. The Morgan fingerprint density at radius 2 is 1.37 bits per heavy atom. The van der Waals surface area contributed by atoms with Crippen LogP contribution < -0.4 is 9.80 Å². The van der Waals surface area contributed by atoms with Gasteiger partial charge in [0.05, 0.1) is 17.9 Å². The Balaban J connectivity index is 0.00000313. The molecule has 3 heteroatoms. The number of anilines is 2. The third-order valence-corrected chi connectivity index (χ3v) is 9.12. The number of aromatic nitrogens is 1. The maximum Gasteiger partial charge on any atom is 0.0655 e. The normalized spacial score (nSPS) is 13.2. The molecule has 0 saturated carbocycles. The quantitative estimate of drug-likeness (QED) is 0.117. The lowest BCUT2D eigenvalue weighted by atomic mass is 9.99. The Hall–Kier alpha value is -4.63. The molecule has 3 aromatic rings. The molecule has 3 rings (SSSR count). The Morgan fingerprint density at radius 3 is 1.88 bits per heavy atom. The molecule has 274 valence electrons. The predicted octanol–water partition coefficient (Wildman–Crippen LogP) is 13.5. The summed E-state index contributed by atoms with van der Waals surface area (Å²) in [5.41, 5.74) is 13.9. The molecule has 2 aromatic carbocycles. The zero-order chi connectivity index (χ0) is 38.3. The maximum atomic E-state index is 4.42. The SMILES string of the molecule is C=CC(/C=C\C(=C/C)Cc1ccc(Cc2ccc(N(C)\C(C)=C(C)/C(/C=C\C)=C/C)cc2)cc1)N(C)c1cnccc1/C(=C/C)CC.CC.CC. The lowest BCUT2D eigenvalue weighted by Gasteiger charge is -2.28. The standard InChI is InChI=1S/C44H55N3.2C2H6/c1-11-17-40(15-5)33(7)34(8)46(9)42-26-23-38(24-27-42)31-37-20-18-36(19-21-37)30-35(12-2)22-25-41(16-6)47(10)44-32-45-29-28-43(44)39(13-3)14-4;2*1-2/h11-13,15-29,32,41H,6,14,30-31H2,1-5,7-10H3;2*1-2H3/b17-11-,25-22-,34-33-,35-12+,39-13+,40-15+;;. The molecule has 0 amide bonds. The molecule has 0 aliphatic heterocycles. The Labute approximate surface area is 313 Å². The van der Waals surface area contributed by atoms with Crippen molar-refractivity contribution in [2.45, 2.75) is 101 Å². The van der Waals surface area contributed by atoms with Gasteiger partial charge < -0.3 is 9.80 Å². The third-order valence-electron chi connectivity index (χ3n) is 9.12. The van der Waals surface area contributed by atoms with Crippen molar-refractivity contribution in [3.05, 3.63) is 167 Å². The van der Waals surface area contributed by atoms with Gasteiger partial charge in [0.15, 0.2) is 0 Å². The van der Waals surface area contributed by atoms with Crippen LogP contribution in [0.15, 0.2) is 145 Å². The van der Waals surface area contributed by atoms with Gasteiger partial charge in [0.2, 0.25) is 0 Å². The number of rotatable bonds is 15. The summed E-state index contributed by atoms with van der Waals surface area (Å²) in [6, 6.07) is 20.1. The van der Waals surface area contributed by atoms with E-state index in [0.29, 0.717) is 0 Å². The number of hydrogen-bond donors (Lipinski definition) is 0. The van der Waals surface area contributed by atoms with Gasteiger partial charge in [-0.15, -0.1) is 6.58 Å². The third kappa shape index (κ3) is 13.2. The first kappa shape index (κ1) is 44.4. The Morgan fingerprint density at radius 1 is 0.784 bits per heavy atom. The number of pyridine rings is 1. The topological polar surface area (TPSA) is 19.4 Å². The first-order valence-electron chi connectivity index (χ1n) is 18.9. The van der Waals surface area contributed by atoms with Crippen LogP contribution in [0.4, 0.5) is 11.4 Å². The summed E-state index contributed by atoms with van der Waals surface area (Å²) in [5, 5.41) is 0. The number of likely N-dealkylation sites (N-methyl/N-ethyl adjacent to an activating group) is 1. The van der Waals surface area contributed by atoms with Crippen molar-refractivity contribution in [3.63, 3.8) is 0 Å². The molecule has 0 fully saturated rings. The summed E-state index contributed by atoms with van der Waals surface area (Å²) >= 11 is 0. The van der Waals surface area contributed by atoms with E-state index in [2.05, 4.69) is 181 Å². The highest BCUT2D eigenvalue weighted by Gasteiger charge is 2.15. The van der Waals surface area contributed by atoms with Crippen LogP contribution in [-0.4, -0.2) is 25.1 Å². The average Bonchev–Trinajstić information content (AvgIpc) is 3.19. The molecular weight excluding hydrogens is 619 g/mol. The highest BCUT2D eigenvalue weighted by molar-refractivity contribution is 5.76. The van der Waals surface area contributed by atoms with Crippen LogP contribution in [-0.2, 0) is 12.8 Å². The lowest BCUT2D eigenvalue weighted by molar-refractivity contribution is 0.886. The van der Waals surface area contributed by atoms with Crippen LogP contribution in [0.5, 0.6) is 0 Å². The smallest absolute Gasteiger partial charge is 0.0655 e. The van der Waals surface area contributed by atoms with E-state index >= 15 is 0 Å². The van der Waals surface area contributed by atoms with Gasteiger partial charge in [-0.05, 0) is 118 Å². The molecule has 1 heterocycles. The monoisotopic (exact) mass is 686 g/mol. The van der Waals surface area contributed by atoms with Gasteiger partial charge in [0.25, 0.3) is 0 Å². The maximum absolute atomic E-state index is 4.42. The number of benzene rings is 2. The van der Waals surface area contributed by atoms with E-state index in [-0.39, 0.29) is 6.04 Å². The molecule has 1 atom stereocenters. The molecular formula is C48H67N3. The van der Waals surface area contributed by atoms with Crippen LogP contribution in [0.1, 0.15) is 105 Å². The molecule has 0 aliphatic carbocycles. The molecule has 0 spiro atoms. The van der Waals surface area contributed by atoms with Gasteiger partial charge in [0.1, 0.15) is 0 Å². The summed E-state index contributed by atoms with van der Waals surface area (Å²) < 4.78 is 0. The minimum atomic E-state index is 0.0456. The minimum Gasteiger partial charge on any atom is -0.363 e. The summed E-state index contributed by atoms with van der Waals surface area (Å²) in [6.07, 6.45) is 23.9. The first-order valence-corrected chi connectivity index (χ1v) is 18.9. The molecule has 51 heavy (non-hydrogen) atoms. The van der Waals surface area contributed by atoms with Gasteiger partial charge in [-0.25, -0.2) is 0 Å². The second-order valence-electron chi connectivity index (χ2n) is 12.0. The fourth-order valence-corrected chi connectivity index (χ4v) is 5.85. The molecule has 0 radical (unpaired) electrons. The van der Waals surface area contributed by atoms with Crippen molar-refractivity contribution < 1.29 is 0 Å². The second kappa shape index (κ2) is 24.5. The first-order chi connectivity index (χ1) is 24.7. The van der Waals surface area contributed by atoms with E-state index in [1.807, 2.05) is 46.2 Å². The van der Waals surface area contributed by atoms with Gasteiger partial charge >= 0.3 is 0 Å². The van der Waals surface area contributed by atoms with E-state index in [1.165, 1.54) is 55.9 Å². The van der Waals surface area contributed by atoms with Crippen molar-refractivity contribution in [1.82, 2.24) is 4.98 Å². The minimum absolute atomic E-state index is 0.0456. The van der Waals surface area contributed by atoms with Crippen LogP contribution in [0.25, 0.3) is 5.57 Å². The Bertz CT molecular complexity index is 1640. The van der Waals surface area contributed by atoms with E-state index in [4.69, 9.17) is 0 Å². The fraction of sp³-hybridized carbons (Fsp3) is 0.354. The van der Waals surface area contributed by atoms with Crippen molar-refractivity contribution in [2.24, 2.45) is 0 Å². The molecule has 0 N–H and O–H groups in total. The zero-order valence-electron chi connectivity index (χ0n) is 34.2. The summed E-state index contributed by atoms with van der Waals surface area (Å²) in [4.78, 5) is 8.95. The van der Waals surface area contributed by atoms with Gasteiger partial charge in [-0.1, -0.05) is 120 Å². The largest absolute Gasteiger partial charge is 0.363 e. The van der Waals surface area contributed by atoms with E-state index in [0.717, 1.165) is 24.9 Å². The zero-order valence-corrected chi connectivity index (χ0v) is 34.2. The average molecular weight is 686 g/mol.